The molecule has 100 valence electrons. The summed E-state index contributed by atoms with van der Waals surface area (Å²) in [6.45, 7) is 2.34. The second-order valence-electron chi connectivity index (χ2n) is 6.03. The predicted octanol–water partition coefficient (Wildman–Crippen LogP) is 3.85. The summed E-state index contributed by atoms with van der Waals surface area (Å²) >= 11 is 1.71. The first kappa shape index (κ1) is 11.6. The Labute approximate surface area is 117 Å². The zero-order chi connectivity index (χ0) is 12.7. The standard InChI is InChI=1S/C15H19N3S/c1-2-5-15(4-1)6-8-18(9-7-15)13-12-3-10-19-14(12)17-11-16-13/h3,10-11H,1-2,4-9H2. The number of fused-ring (bicyclic) bond motifs is 1. The molecule has 0 radical (unpaired) electrons. The first-order valence-corrected chi connectivity index (χ1v) is 8.18. The molecule has 1 aliphatic carbocycles. The van der Waals surface area contributed by atoms with Crippen molar-refractivity contribution in [3.8, 4) is 0 Å². The second-order valence-corrected chi connectivity index (χ2v) is 6.93. The van der Waals surface area contributed by atoms with Crippen LogP contribution in [0.2, 0.25) is 0 Å². The molecule has 2 aromatic rings. The quantitative estimate of drug-likeness (QED) is 0.790. The zero-order valence-corrected chi connectivity index (χ0v) is 12.0. The van der Waals surface area contributed by atoms with E-state index in [0.717, 1.165) is 10.6 Å². The molecule has 0 aromatic carbocycles. The van der Waals surface area contributed by atoms with Crippen molar-refractivity contribution in [2.75, 3.05) is 18.0 Å². The molecule has 4 heteroatoms. The van der Waals surface area contributed by atoms with Gasteiger partial charge in [-0.15, -0.1) is 11.3 Å². The van der Waals surface area contributed by atoms with E-state index in [1.54, 1.807) is 17.7 Å². The van der Waals surface area contributed by atoms with Gasteiger partial charge in [-0.05, 0) is 42.5 Å². The highest BCUT2D eigenvalue weighted by Gasteiger charge is 2.37. The Hall–Kier alpha value is -1.16. The van der Waals surface area contributed by atoms with Crippen LogP contribution in [0.15, 0.2) is 17.8 Å². The van der Waals surface area contributed by atoms with Gasteiger partial charge in [0.25, 0.3) is 0 Å². The molecule has 1 saturated carbocycles. The van der Waals surface area contributed by atoms with Gasteiger partial charge in [-0.3, -0.25) is 0 Å². The smallest absolute Gasteiger partial charge is 0.140 e. The SMILES string of the molecule is c1nc(N2CCC3(CCCC3)CC2)c2ccsc2n1. The Morgan fingerprint density at radius 1 is 1.05 bits per heavy atom. The highest BCUT2D eigenvalue weighted by Crippen LogP contribution is 2.46. The Morgan fingerprint density at radius 3 is 2.63 bits per heavy atom. The maximum Gasteiger partial charge on any atom is 0.140 e. The number of hydrogen-bond donors (Lipinski definition) is 0. The number of thiophene rings is 1. The molecule has 0 bridgehead atoms. The lowest BCUT2D eigenvalue weighted by Crippen LogP contribution is -2.39. The van der Waals surface area contributed by atoms with Gasteiger partial charge in [-0.1, -0.05) is 12.8 Å². The summed E-state index contributed by atoms with van der Waals surface area (Å²) in [4.78, 5) is 12.5. The molecule has 4 rings (SSSR count). The van der Waals surface area contributed by atoms with Crippen molar-refractivity contribution in [2.45, 2.75) is 38.5 Å². The van der Waals surface area contributed by atoms with Crippen LogP contribution in [0.5, 0.6) is 0 Å². The van der Waals surface area contributed by atoms with Gasteiger partial charge in [-0.25, -0.2) is 9.97 Å². The average Bonchev–Trinajstić information content (AvgIpc) is 3.09. The summed E-state index contributed by atoms with van der Waals surface area (Å²) in [5.74, 6) is 1.15. The third kappa shape index (κ3) is 1.93. The van der Waals surface area contributed by atoms with Gasteiger partial charge in [0, 0.05) is 13.1 Å². The Bertz CT molecular complexity index is 576. The topological polar surface area (TPSA) is 29.0 Å². The fraction of sp³-hybridized carbons (Fsp3) is 0.600. The molecule has 19 heavy (non-hydrogen) atoms. The van der Waals surface area contributed by atoms with Crippen LogP contribution in [0.4, 0.5) is 5.82 Å². The molecular weight excluding hydrogens is 254 g/mol. The number of hydrogen-bond acceptors (Lipinski definition) is 4. The molecule has 2 fully saturated rings. The highest BCUT2D eigenvalue weighted by atomic mass is 32.1. The number of rotatable bonds is 1. The van der Waals surface area contributed by atoms with Crippen LogP contribution in [0.25, 0.3) is 10.2 Å². The first-order chi connectivity index (χ1) is 9.36. The van der Waals surface area contributed by atoms with Crippen molar-refractivity contribution >= 4 is 27.4 Å². The van der Waals surface area contributed by atoms with Crippen LogP contribution in [-0.4, -0.2) is 23.1 Å². The molecule has 2 aliphatic rings. The zero-order valence-electron chi connectivity index (χ0n) is 11.1. The van der Waals surface area contributed by atoms with E-state index < -0.39 is 0 Å². The molecule has 0 unspecified atom stereocenters. The molecule has 0 N–H and O–H groups in total. The van der Waals surface area contributed by atoms with E-state index in [2.05, 4.69) is 26.3 Å². The largest absolute Gasteiger partial charge is 0.356 e. The molecule has 1 saturated heterocycles. The normalized spacial score (nSPS) is 22.4. The Morgan fingerprint density at radius 2 is 1.84 bits per heavy atom. The van der Waals surface area contributed by atoms with E-state index in [1.165, 1.54) is 57.0 Å². The molecule has 0 amide bonds. The van der Waals surface area contributed by atoms with Gasteiger partial charge in [0.1, 0.15) is 17.0 Å². The van der Waals surface area contributed by atoms with Crippen LogP contribution in [0.1, 0.15) is 38.5 Å². The number of piperidine rings is 1. The third-order valence-electron chi connectivity index (χ3n) is 5.03. The van der Waals surface area contributed by atoms with E-state index in [-0.39, 0.29) is 0 Å². The lowest BCUT2D eigenvalue weighted by atomic mass is 9.77. The minimum absolute atomic E-state index is 0.678. The summed E-state index contributed by atoms with van der Waals surface area (Å²) in [6.07, 6.45) is 10.2. The minimum Gasteiger partial charge on any atom is -0.356 e. The van der Waals surface area contributed by atoms with Crippen molar-refractivity contribution in [3.05, 3.63) is 17.8 Å². The van der Waals surface area contributed by atoms with Gasteiger partial charge < -0.3 is 4.90 Å². The Balaban J connectivity index is 1.59. The predicted molar refractivity (Wildman–Crippen MR) is 79.8 cm³/mol. The summed E-state index contributed by atoms with van der Waals surface area (Å²) in [5.41, 5.74) is 0.678. The third-order valence-corrected chi connectivity index (χ3v) is 5.85. The monoisotopic (exact) mass is 273 g/mol. The van der Waals surface area contributed by atoms with Crippen molar-refractivity contribution < 1.29 is 0 Å². The second kappa shape index (κ2) is 4.44. The van der Waals surface area contributed by atoms with E-state index in [1.807, 2.05) is 0 Å². The lowest BCUT2D eigenvalue weighted by molar-refractivity contribution is 0.226. The highest BCUT2D eigenvalue weighted by molar-refractivity contribution is 7.16. The van der Waals surface area contributed by atoms with Crippen molar-refractivity contribution in [3.63, 3.8) is 0 Å². The van der Waals surface area contributed by atoms with Crippen molar-refractivity contribution in [1.82, 2.24) is 9.97 Å². The maximum absolute atomic E-state index is 4.54. The summed E-state index contributed by atoms with van der Waals surface area (Å²) in [7, 11) is 0. The average molecular weight is 273 g/mol. The molecule has 2 aromatic heterocycles. The van der Waals surface area contributed by atoms with Crippen LogP contribution in [-0.2, 0) is 0 Å². The van der Waals surface area contributed by atoms with Gasteiger partial charge in [-0.2, -0.15) is 0 Å². The fourth-order valence-electron chi connectivity index (χ4n) is 3.85. The van der Waals surface area contributed by atoms with Gasteiger partial charge >= 0.3 is 0 Å². The van der Waals surface area contributed by atoms with Gasteiger partial charge in [0.2, 0.25) is 0 Å². The summed E-state index contributed by atoms with van der Waals surface area (Å²) in [6, 6.07) is 2.16. The fourth-order valence-corrected chi connectivity index (χ4v) is 4.57. The Kier molecular flexibility index (Phi) is 2.72. The van der Waals surface area contributed by atoms with Gasteiger partial charge in [0.15, 0.2) is 0 Å². The van der Waals surface area contributed by atoms with E-state index in [0.29, 0.717) is 5.41 Å². The maximum atomic E-state index is 4.54. The van der Waals surface area contributed by atoms with E-state index >= 15 is 0 Å². The molecular formula is C15H19N3S. The van der Waals surface area contributed by atoms with Crippen LogP contribution >= 0.6 is 11.3 Å². The molecule has 1 spiro atoms. The molecule has 0 atom stereocenters. The van der Waals surface area contributed by atoms with Crippen molar-refractivity contribution in [1.29, 1.82) is 0 Å². The molecule has 3 nitrogen and oxygen atoms in total. The van der Waals surface area contributed by atoms with Crippen LogP contribution < -0.4 is 4.90 Å². The number of nitrogens with zero attached hydrogens (tertiary/aromatic N) is 3. The minimum atomic E-state index is 0.678. The van der Waals surface area contributed by atoms with Crippen molar-refractivity contribution in [2.24, 2.45) is 5.41 Å². The van der Waals surface area contributed by atoms with Crippen LogP contribution in [0.3, 0.4) is 0 Å². The first-order valence-electron chi connectivity index (χ1n) is 7.30. The lowest BCUT2D eigenvalue weighted by Gasteiger charge is -2.40. The number of anilines is 1. The summed E-state index contributed by atoms with van der Waals surface area (Å²) < 4.78 is 0. The number of aromatic nitrogens is 2. The molecule has 1 aliphatic heterocycles. The van der Waals surface area contributed by atoms with E-state index in [4.69, 9.17) is 0 Å². The molecule has 3 heterocycles. The van der Waals surface area contributed by atoms with Crippen LogP contribution in [0, 0.1) is 5.41 Å². The van der Waals surface area contributed by atoms with E-state index in [9.17, 15) is 0 Å². The summed E-state index contributed by atoms with van der Waals surface area (Å²) in [5, 5.41) is 3.35. The van der Waals surface area contributed by atoms with Gasteiger partial charge in [0.05, 0.1) is 5.39 Å².